The van der Waals surface area contributed by atoms with Crippen molar-refractivity contribution in [2.24, 2.45) is 0 Å². The van der Waals surface area contributed by atoms with E-state index in [9.17, 15) is 4.79 Å². The number of carbonyl (C=O) groups is 1. The van der Waals surface area contributed by atoms with Crippen molar-refractivity contribution in [2.75, 3.05) is 12.4 Å². The smallest absolute Gasteiger partial charge is 0.252 e. The number of amides is 1. The van der Waals surface area contributed by atoms with Crippen molar-refractivity contribution in [1.82, 2.24) is 5.32 Å². The van der Waals surface area contributed by atoms with E-state index in [0.717, 1.165) is 4.90 Å². The fourth-order valence-corrected chi connectivity index (χ4v) is 2.14. The van der Waals surface area contributed by atoms with Crippen LogP contribution in [-0.4, -0.2) is 29.4 Å². The van der Waals surface area contributed by atoms with Gasteiger partial charge in [-0.05, 0) is 18.6 Å². The van der Waals surface area contributed by atoms with Gasteiger partial charge >= 0.3 is 0 Å². The van der Waals surface area contributed by atoms with Crippen LogP contribution in [0.1, 0.15) is 23.7 Å². The molecule has 0 unspecified atom stereocenters. The fraction of sp³-hybridized carbons (Fsp3) is 0.385. The molecule has 0 aliphatic heterocycles. The predicted octanol–water partition coefficient (Wildman–Crippen LogP) is 1.80. The van der Waals surface area contributed by atoms with Gasteiger partial charge in [0.05, 0.1) is 30.0 Å². The minimum Gasteiger partial charge on any atom is -0.394 e. The van der Waals surface area contributed by atoms with Gasteiger partial charge in [0.1, 0.15) is 0 Å². The van der Waals surface area contributed by atoms with Gasteiger partial charge in [-0.3, -0.25) is 4.79 Å². The Balaban J connectivity index is 2.81. The molecule has 5 heteroatoms. The summed E-state index contributed by atoms with van der Waals surface area (Å²) in [5, 5.41) is 20.4. The van der Waals surface area contributed by atoms with Crippen LogP contribution >= 0.6 is 11.8 Å². The highest BCUT2D eigenvalue weighted by atomic mass is 32.2. The molecule has 1 rings (SSSR count). The summed E-state index contributed by atoms with van der Waals surface area (Å²) in [6.45, 7) is 1.83. The van der Waals surface area contributed by atoms with Crippen LogP contribution in [0.3, 0.4) is 0 Å². The van der Waals surface area contributed by atoms with Crippen LogP contribution in [0.2, 0.25) is 0 Å². The van der Waals surface area contributed by atoms with E-state index in [2.05, 4.69) is 5.32 Å². The third-order valence-electron chi connectivity index (χ3n) is 2.47. The third kappa shape index (κ3) is 4.06. The zero-order chi connectivity index (χ0) is 13.4. The third-order valence-corrected chi connectivity index (χ3v) is 3.41. The first kappa shape index (κ1) is 14.6. The number of rotatable bonds is 6. The molecule has 1 amide bonds. The number of nitrogens with one attached hydrogen (secondary N) is 1. The molecule has 0 saturated carbocycles. The summed E-state index contributed by atoms with van der Waals surface area (Å²) in [7, 11) is 0. The van der Waals surface area contributed by atoms with E-state index in [4.69, 9.17) is 10.4 Å². The predicted molar refractivity (Wildman–Crippen MR) is 71.4 cm³/mol. The maximum atomic E-state index is 12.0. The lowest BCUT2D eigenvalue weighted by molar-refractivity contribution is 0.0912. The average Bonchev–Trinajstić information content (AvgIpc) is 2.42. The largest absolute Gasteiger partial charge is 0.394 e. The summed E-state index contributed by atoms with van der Waals surface area (Å²) in [4.78, 5) is 12.8. The zero-order valence-electron chi connectivity index (χ0n) is 10.2. The summed E-state index contributed by atoms with van der Waals surface area (Å²) < 4.78 is 0. The number of aliphatic hydroxyl groups is 1. The maximum Gasteiger partial charge on any atom is 0.252 e. The van der Waals surface area contributed by atoms with Gasteiger partial charge in [0.15, 0.2) is 0 Å². The van der Waals surface area contributed by atoms with E-state index in [-0.39, 0.29) is 18.6 Å². The maximum absolute atomic E-state index is 12.0. The number of thioether (sulfide) groups is 1. The van der Waals surface area contributed by atoms with Gasteiger partial charge in [0, 0.05) is 4.90 Å². The standard InChI is InChI=1S/C13H16N2O2S/c1-2-10(9-16)15-13(17)11-5-3-4-6-12(11)18-8-7-14/h3-6,10,16H,2,8-9H2,1H3,(H,15,17)/t10-/m1/s1. The van der Waals surface area contributed by atoms with Crippen molar-refractivity contribution in [1.29, 1.82) is 5.26 Å². The molecule has 0 aliphatic rings. The van der Waals surface area contributed by atoms with E-state index in [0.29, 0.717) is 17.7 Å². The molecule has 0 spiro atoms. The number of hydrogen-bond donors (Lipinski definition) is 2. The molecule has 1 atom stereocenters. The summed E-state index contributed by atoms with van der Waals surface area (Å²) in [6, 6.07) is 8.96. The van der Waals surface area contributed by atoms with Gasteiger partial charge in [-0.2, -0.15) is 5.26 Å². The first-order valence-corrected chi connectivity index (χ1v) is 6.72. The van der Waals surface area contributed by atoms with Crippen molar-refractivity contribution in [2.45, 2.75) is 24.3 Å². The van der Waals surface area contributed by atoms with E-state index in [1.807, 2.05) is 25.1 Å². The van der Waals surface area contributed by atoms with Crippen molar-refractivity contribution < 1.29 is 9.90 Å². The highest BCUT2D eigenvalue weighted by molar-refractivity contribution is 7.99. The minimum absolute atomic E-state index is 0.0737. The average molecular weight is 264 g/mol. The second kappa shape index (κ2) is 7.75. The Hall–Kier alpha value is -1.51. The molecule has 0 aliphatic carbocycles. The molecular formula is C13H16N2O2S. The highest BCUT2D eigenvalue weighted by Gasteiger charge is 2.14. The first-order valence-electron chi connectivity index (χ1n) is 5.73. The van der Waals surface area contributed by atoms with Crippen LogP contribution in [0.15, 0.2) is 29.2 Å². The second-order valence-corrected chi connectivity index (χ2v) is 4.72. The highest BCUT2D eigenvalue weighted by Crippen LogP contribution is 2.22. The Bertz CT molecular complexity index is 439. The van der Waals surface area contributed by atoms with Crippen LogP contribution in [0.5, 0.6) is 0 Å². The molecule has 2 N–H and O–H groups in total. The van der Waals surface area contributed by atoms with E-state index in [1.165, 1.54) is 11.8 Å². The van der Waals surface area contributed by atoms with Crippen LogP contribution < -0.4 is 5.32 Å². The number of nitriles is 1. The number of carbonyl (C=O) groups excluding carboxylic acids is 1. The Morgan fingerprint density at radius 3 is 2.89 bits per heavy atom. The van der Waals surface area contributed by atoms with Crippen LogP contribution in [-0.2, 0) is 0 Å². The molecule has 18 heavy (non-hydrogen) atoms. The van der Waals surface area contributed by atoms with Gasteiger partial charge in [-0.15, -0.1) is 11.8 Å². The SMILES string of the molecule is CC[C@H](CO)NC(=O)c1ccccc1SCC#N. The topological polar surface area (TPSA) is 73.1 Å². The van der Waals surface area contributed by atoms with Gasteiger partial charge in [0.2, 0.25) is 0 Å². The lowest BCUT2D eigenvalue weighted by Gasteiger charge is -2.15. The number of nitrogens with zero attached hydrogens (tertiary/aromatic N) is 1. The lowest BCUT2D eigenvalue weighted by Crippen LogP contribution is -2.37. The van der Waals surface area contributed by atoms with Crippen LogP contribution in [0.4, 0.5) is 0 Å². The summed E-state index contributed by atoms with van der Waals surface area (Å²) in [6.07, 6.45) is 0.676. The normalized spacial score (nSPS) is 11.6. The van der Waals surface area contributed by atoms with E-state index >= 15 is 0 Å². The van der Waals surface area contributed by atoms with E-state index < -0.39 is 0 Å². The molecular weight excluding hydrogens is 248 g/mol. The van der Waals surface area contributed by atoms with Gasteiger partial charge < -0.3 is 10.4 Å². The molecule has 0 heterocycles. The Morgan fingerprint density at radius 1 is 1.56 bits per heavy atom. The fourth-order valence-electron chi connectivity index (χ4n) is 1.43. The van der Waals surface area contributed by atoms with Gasteiger partial charge in [-0.1, -0.05) is 19.1 Å². The van der Waals surface area contributed by atoms with Crippen molar-refractivity contribution in [3.8, 4) is 6.07 Å². The molecule has 0 bridgehead atoms. The summed E-state index contributed by atoms with van der Waals surface area (Å²) in [5.74, 6) is 0.0959. The second-order valence-electron chi connectivity index (χ2n) is 3.70. The Morgan fingerprint density at radius 2 is 2.28 bits per heavy atom. The zero-order valence-corrected chi connectivity index (χ0v) is 11.0. The van der Waals surface area contributed by atoms with Gasteiger partial charge in [0.25, 0.3) is 5.91 Å². The quantitative estimate of drug-likeness (QED) is 0.768. The first-order chi connectivity index (χ1) is 8.72. The lowest BCUT2D eigenvalue weighted by atomic mass is 10.2. The monoisotopic (exact) mass is 264 g/mol. The molecule has 1 aromatic rings. The Labute approximate surface area is 111 Å². The molecule has 0 aromatic heterocycles. The number of hydrogen-bond acceptors (Lipinski definition) is 4. The van der Waals surface area contributed by atoms with Crippen LogP contribution in [0, 0.1) is 11.3 Å². The number of aliphatic hydroxyl groups excluding tert-OH is 1. The number of benzene rings is 1. The van der Waals surface area contributed by atoms with Crippen LogP contribution in [0.25, 0.3) is 0 Å². The summed E-state index contributed by atoms with van der Waals surface area (Å²) in [5.41, 5.74) is 0.546. The molecule has 0 fully saturated rings. The van der Waals surface area contributed by atoms with Crippen molar-refractivity contribution in [3.63, 3.8) is 0 Å². The van der Waals surface area contributed by atoms with E-state index in [1.54, 1.807) is 12.1 Å². The summed E-state index contributed by atoms with van der Waals surface area (Å²) >= 11 is 1.33. The molecule has 1 aromatic carbocycles. The molecule has 96 valence electrons. The van der Waals surface area contributed by atoms with Gasteiger partial charge in [-0.25, -0.2) is 0 Å². The van der Waals surface area contributed by atoms with Crippen molar-refractivity contribution >= 4 is 17.7 Å². The molecule has 0 radical (unpaired) electrons. The molecule has 4 nitrogen and oxygen atoms in total. The Kier molecular flexibility index (Phi) is 6.26. The molecule has 0 saturated heterocycles. The minimum atomic E-state index is -0.230. The van der Waals surface area contributed by atoms with Crippen molar-refractivity contribution in [3.05, 3.63) is 29.8 Å².